The highest BCUT2D eigenvalue weighted by Crippen LogP contribution is 2.24. The number of nitrogens with zero attached hydrogens (tertiary/aromatic N) is 2. The number of H-pyrrole nitrogens is 1. The Labute approximate surface area is 125 Å². The van der Waals surface area contributed by atoms with Gasteiger partial charge in [-0.3, -0.25) is 9.59 Å². The molecule has 0 radical (unpaired) electrons. The third-order valence-corrected chi connectivity index (χ3v) is 3.46. The summed E-state index contributed by atoms with van der Waals surface area (Å²) in [4.78, 5) is 31.2. The van der Waals surface area contributed by atoms with Gasteiger partial charge in [0, 0.05) is 18.5 Å². The average Bonchev–Trinajstić information content (AvgIpc) is 2.44. The van der Waals surface area contributed by atoms with Crippen LogP contribution in [0.2, 0.25) is 5.02 Å². The van der Waals surface area contributed by atoms with Crippen LogP contribution in [-0.2, 0) is 0 Å². The molecule has 0 aromatic carbocycles. The number of carbonyl (C=O) groups excluding carboxylic acids is 1. The minimum atomic E-state index is -0.235. The molecule has 1 fully saturated rings. The van der Waals surface area contributed by atoms with E-state index < -0.39 is 0 Å². The fourth-order valence-electron chi connectivity index (χ4n) is 2.02. The largest absolute Gasteiger partial charge is 0.470 e. The van der Waals surface area contributed by atoms with Crippen LogP contribution in [0.1, 0.15) is 10.4 Å². The number of hydrogen-bond donors (Lipinski definition) is 1. The monoisotopic (exact) mass is 305 g/mol. The van der Waals surface area contributed by atoms with Gasteiger partial charge in [0.25, 0.3) is 5.91 Å². The van der Waals surface area contributed by atoms with E-state index in [0.717, 1.165) is 0 Å². The lowest BCUT2D eigenvalue weighted by Crippen LogP contribution is -2.56. The summed E-state index contributed by atoms with van der Waals surface area (Å²) in [6, 6.07) is 6.26. The summed E-state index contributed by atoms with van der Waals surface area (Å²) in [5, 5.41) is 0.447. The van der Waals surface area contributed by atoms with Gasteiger partial charge in [-0.2, -0.15) is 0 Å². The number of halogens is 1. The summed E-state index contributed by atoms with van der Waals surface area (Å²) < 4.78 is 5.62. The van der Waals surface area contributed by atoms with E-state index in [2.05, 4.69) is 9.97 Å². The van der Waals surface area contributed by atoms with Gasteiger partial charge in [-0.25, -0.2) is 4.98 Å². The first-order valence-electron chi connectivity index (χ1n) is 6.38. The number of rotatable bonds is 3. The smallest absolute Gasteiger partial charge is 0.255 e. The van der Waals surface area contributed by atoms with Gasteiger partial charge in [0.1, 0.15) is 11.1 Å². The van der Waals surface area contributed by atoms with Crippen LogP contribution in [0, 0.1) is 0 Å². The van der Waals surface area contributed by atoms with Crippen molar-refractivity contribution in [1.29, 1.82) is 0 Å². The summed E-state index contributed by atoms with van der Waals surface area (Å²) in [5.74, 6) is 0.235. The maximum absolute atomic E-state index is 12.1. The van der Waals surface area contributed by atoms with Crippen LogP contribution in [0.15, 0.2) is 41.5 Å². The van der Waals surface area contributed by atoms with Crippen LogP contribution in [0.5, 0.6) is 5.88 Å². The number of hydrogen-bond acceptors (Lipinski definition) is 4. The summed E-state index contributed by atoms with van der Waals surface area (Å²) in [6.07, 6.45) is 2.89. The maximum atomic E-state index is 12.1. The van der Waals surface area contributed by atoms with Gasteiger partial charge in [0.15, 0.2) is 0 Å². The molecule has 2 aromatic heterocycles. The number of likely N-dealkylation sites (tertiary alicyclic amines) is 1. The Morgan fingerprint density at radius 1 is 1.38 bits per heavy atom. The van der Waals surface area contributed by atoms with Gasteiger partial charge in [-0.05, 0) is 18.2 Å². The standard InChI is InChI=1S/C14H12ClN3O3/c15-11-2-1-5-16-13(11)21-10-7-18(8-10)14(20)9-3-4-12(19)17-6-9/h1-6,10H,7-8H2,(H,17,19). The third kappa shape index (κ3) is 2.90. The lowest BCUT2D eigenvalue weighted by atomic mass is 10.1. The van der Waals surface area contributed by atoms with Crippen LogP contribution >= 0.6 is 11.6 Å². The molecule has 0 atom stereocenters. The van der Waals surface area contributed by atoms with Crippen molar-refractivity contribution in [3.63, 3.8) is 0 Å². The Kier molecular flexibility index (Phi) is 3.62. The normalized spacial score (nSPS) is 14.6. The summed E-state index contributed by atoms with van der Waals surface area (Å²) in [6.45, 7) is 0.926. The number of aromatic nitrogens is 2. The number of carbonyl (C=O) groups is 1. The molecule has 108 valence electrons. The molecule has 0 spiro atoms. The number of amides is 1. The summed E-state index contributed by atoms with van der Waals surface area (Å²) >= 11 is 5.96. The van der Waals surface area contributed by atoms with Crippen LogP contribution in [0.4, 0.5) is 0 Å². The molecule has 21 heavy (non-hydrogen) atoms. The van der Waals surface area contributed by atoms with Crippen molar-refractivity contribution in [2.24, 2.45) is 0 Å². The van der Waals surface area contributed by atoms with Crippen LogP contribution < -0.4 is 10.3 Å². The molecule has 3 heterocycles. The van der Waals surface area contributed by atoms with Crippen molar-refractivity contribution in [1.82, 2.24) is 14.9 Å². The minimum Gasteiger partial charge on any atom is -0.470 e. The van der Waals surface area contributed by atoms with Crippen molar-refractivity contribution in [2.75, 3.05) is 13.1 Å². The fourth-order valence-corrected chi connectivity index (χ4v) is 2.19. The predicted molar refractivity (Wildman–Crippen MR) is 76.6 cm³/mol. The second-order valence-electron chi connectivity index (χ2n) is 4.68. The lowest BCUT2D eigenvalue weighted by Gasteiger charge is -2.38. The van der Waals surface area contributed by atoms with E-state index in [-0.39, 0.29) is 17.6 Å². The molecule has 6 nitrogen and oxygen atoms in total. The first kappa shape index (κ1) is 13.6. The van der Waals surface area contributed by atoms with Gasteiger partial charge in [-0.1, -0.05) is 11.6 Å². The van der Waals surface area contributed by atoms with Crippen molar-refractivity contribution in [2.45, 2.75) is 6.10 Å². The molecule has 0 unspecified atom stereocenters. The molecule has 1 aliphatic rings. The number of nitrogens with one attached hydrogen (secondary N) is 1. The second-order valence-corrected chi connectivity index (χ2v) is 5.09. The number of ether oxygens (including phenoxy) is 1. The van der Waals surface area contributed by atoms with E-state index in [1.165, 1.54) is 18.3 Å². The predicted octanol–water partition coefficient (Wildman–Crippen LogP) is 1.33. The maximum Gasteiger partial charge on any atom is 0.255 e. The van der Waals surface area contributed by atoms with Crippen molar-refractivity contribution in [3.05, 3.63) is 57.6 Å². The lowest BCUT2D eigenvalue weighted by molar-refractivity contribution is 0.0160. The molecule has 7 heteroatoms. The molecule has 1 N–H and O–H groups in total. The minimum absolute atomic E-state index is 0.121. The highest BCUT2D eigenvalue weighted by molar-refractivity contribution is 6.31. The zero-order chi connectivity index (χ0) is 14.8. The van der Waals surface area contributed by atoms with E-state index in [0.29, 0.717) is 29.6 Å². The van der Waals surface area contributed by atoms with Crippen molar-refractivity contribution in [3.8, 4) is 5.88 Å². The van der Waals surface area contributed by atoms with Gasteiger partial charge in [0.2, 0.25) is 11.4 Å². The Hall–Kier alpha value is -2.34. The van der Waals surface area contributed by atoms with Gasteiger partial charge in [0.05, 0.1) is 18.7 Å². The fraction of sp³-hybridized carbons (Fsp3) is 0.214. The topological polar surface area (TPSA) is 75.3 Å². The Morgan fingerprint density at radius 3 is 2.86 bits per heavy atom. The highest BCUT2D eigenvalue weighted by atomic mass is 35.5. The van der Waals surface area contributed by atoms with E-state index in [9.17, 15) is 9.59 Å². The molecule has 1 aliphatic heterocycles. The molecular formula is C14H12ClN3O3. The van der Waals surface area contributed by atoms with Crippen LogP contribution in [0.3, 0.4) is 0 Å². The van der Waals surface area contributed by atoms with Crippen molar-refractivity contribution < 1.29 is 9.53 Å². The first-order valence-corrected chi connectivity index (χ1v) is 6.76. The van der Waals surface area contributed by atoms with Crippen molar-refractivity contribution >= 4 is 17.5 Å². The SMILES string of the molecule is O=C(c1ccc(=O)[nH]c1)N1CC(Oc2ncccc2Cl)C1. The molecule has 1 saturated heterocycles. The van der Waals surface area contributed by atoms with Gasteiger partial charge >= 0.3 is 0 Å². The second kappa shape index (κ2) is 5.57. The Bertz CT molecular complexity index is 705. The first-order chi connectivity index (χ1) is 10.1. The zero-order valence-corrected chi connectivity index (χ0v) is 11.7. The van der Waals surface area contributed by atoms with Gasteiger partial charge < -0.3 is 14.6 Å². The molecule has 2 aromatic rings. The molecule has 1 amide bonds. The van der Waals surface area contributed by atoms with E-state index in [4.69, 9.17) is 16.3 Å². The molecule has 3 rings (SSSR count). The number of aromatic amines is 1. The Morgan fingerprint density at radius 2 is 2.19 bits per heavy atom. The number of pyridine rings is 2. The summed E-state index contributed by atoms with van der Waals surface area (Å²) in [5.41, 5.74) is 0.213. The zero-order valence-electron chi connectivity index (χ0n) is 11.0. The third-order valence-electron chi connectivity index (χ3n) is 3.17. The molecule has 0 bridgehead atoms. The van der Waals surface area contributed by atoms with E-state index >= 15 is 0 Å². The van der Waals surface area contributed by atoms with Crippen LogP contribution in [-0.4, -0.2) is 40.0 Å². The quantitative estimate of drug-likeness (QED) is 0.928. The van der Waals surface area contributed by atoms with Crippen LogP contribution in [0.25, 0.3) is 0 Å². The Balaban J connectivity index is 1.58. The summed E-state index contributed by atoms with van der Waals surface area (Å²) in [7, 11) is 0. The molecule has 0 saturated carbocycles. The van der Waals surface area contributed by atoms with E-state index in [1.807, 2.05) is 0 Å². The average molecular weight is 306 g/mol. The van der Waals surface area contributed by atoms with Gasteiger partial charge in [-0.15, -0.1) is 0 Å². The highest BCUT2D eigenvalue weighted by Gasteiger charge is 2.33. The molecule has 0 aliphatic carbocycles. The van der Waals surface area contributed by atoms with E-state index in [1.54, 1.807) is 23.2 Å². The molecular weight excluding hydrogens is 294 g/mol.